The Morgan fingerprint density at radius 1 is 1.04 bits per heavy atom. The smallest absolute Gasteiger partial charge is 0.324 e. The van der Waals surface area contributed by atoms with E-state index in [0.717, 1.165) is 61.1 Å². The minimum absolute atomic E-state index is 0. The number of esters is 1. The number of methoxy groups -OCH3 is 1. The number of amides is 4. The molecule has 2 aromatic carbocycles. The van der Waals surface area contributed by atoms with E-state index in [1.807, 2.05) is 37.3 Å². The zero-order valence-electron chi connectivity index (χ0n) is 40.8. The standard InChI is InChI=1S/C50H62FN7O7.4H2S/c1-10-41(59)56-27-50(51,28-56)48(63)55(8)43(30(3)4)45(60)53-39-24-32-15-12-16-33(23-32)34-19-20-40-36(25-34)37(44(57(40)11-2)35-17-13-21-52-42(35)31(5)64-9)26-49(6,7)29-65-47(62)38-18-14-22-58(54-38)46(39)61;;;;/h10,12-13,15-17,19-21,23,25,30-31,38-39,43,54H,1,11,14,18,22,24,26-29H2,2-9H3,(H,53,60);4*1H2/t31-,38-,39-,43-;;;;/m0..../s1. The number of hydrazine groups is 1. The van der Waals surface area contributed by atoms with E-state index in [4.69, 9.17) is 14.5 Å². The van der Waals surface area contributed by atoms with Crippen LogP contribution in [0, 0.1) is 11.3 Å². The fraction of sp³-hybridized carbons (Fsp3) is 0.480. The zero-order valence-corrected chi connectivity index (χ0v) is 44.8. The highest BCUT2D eigenvalue weighted by molar-refractivity contribution is 7.59. The maximum absolute atomic E-state index is 15.9. The van der Waals surface area contributed by atoms with Gasteiger partial charge < -0.3 is 29.2 Å². The van der Waals surface area contributed by atoms with E-state index in [9.17, 15) is 24.0 Å². The van der Waals surface area contributed by atoms with Crippen LogP contribution in [-0.2, 0) is 52.8 Å². The second-order valence-electron chi connectivity index (χ2n) is 18.8. The average Bonchev–Trinajstić information content (AvgIpc) is 3.59. The molecule has 378 valence electrons. The van der Waals surface area contributed by atoms with E-state index < -0.39 is 77.8 Å². The van der Waals surface area contributed by atoms with Crippen molar-refractivity contribution in [1.29, 1.82) is 0 Å². The fourth-order valence-electron chi connectivity index (χ4n) is 9.59. The van der Waals surface area contributed by atoms with Crippen LogP contribution in [0.25, 0.3) is 33.3 Å². The number of pyridine rings is 1. The molecule has 2 N–H and O–H groups in total. The maximum Gasteiger partial charge on any atom is 0.324 e. The first-order valence-corrected chi connectivity index (χ1v) is 22.5. The van der Waals surface area contributed by atoms with E-state index in [0.29, 0.717) is 25.8 Å². The molecule has 4 atom stereocenters. The molecule has 0 saturated carbocycles. The molecular weight excluding hydrogens is 958 g/mol. The number of hydrogen-bond donors (Lipinski definition) is 2. The number of likely N-dealkylation sites (tertiary alicyclic amines) is 1. The summed E-state index contributed by atoms with van der Waals surface area (Å²) >= 11 is 0. The van der Waals surface area contributed by atoms with Gasteiger partial charge >= 0.3 is 5.97 Å². The highest BCUT2D eigenvalue weighted by atomic mass is 32.1. The van der Waals surface area contributed by atoms with Gasteiger partial charge in [0, 0.05) is 61.7 Å². The Labute approximate surface area is 433 Å². The van der Waals surface area contributed by atoms with E-state index in [2.05, 4.69) is 66.9 Å². The molecule has 7 rings (SSSR count). The number of benzene rings is 2. The van der Waals surface area contributed by atoms with Crippen LogP contribution < -0.4 is 10.7 Å². The van der Waals surface area contributed by atoms with Gasteiger partial charge in [0.2, 0.25) is 17.5 Å². The Kier molecular flexibility index (Phi) is 20.5. The number of aromatic nitrogens is 2. The van der Waals surface area contributed by atoms with E-state index in [1.54, 1.807) is 27.2 Å². The van der Waals surface area contributed by atoms with Gasteiger partial charge in [0.05, 0.1) is 37.2 Å². The number of nitrogens with zero attached hydrogens (tertiary/aromatic N) is 5. The number of nitrogens with one attached hydrogen (secondary N) is 2. The van der Waals surface area contributed by atoms with Crippen LogP contribution in [0.2, 0.25) is 0 Å². The molecule has 3 aliphatic heterocycles. The number of carbonyl (C=O) groups excluding carboxylic acids is 5. The van der Waals surface area contributed by atoms with Crippen LogP contribution in [0.5, 0.6) is 0 Å². The Bertz CT molecular complexity index is 2520. The zero-order chi connectivity index (χ0) is 47.0. The number of halogens is 1. The first-order chi connectivity index (χ1) is 30.9. The molecule has 4 amide bonds. The molecular formula is C50H70FN7O7S4. The third-order valence-electron chi connectivity index (χ3n) is 13.0. The third kappa shape index (κ3) is 12.2. The summed E-state index contributed by atoms with van der Waals surface area (Å²) in [5.41, 5.74) is 7.76. The van der Waals surface area contributed by atoms with Crippen molar-refractivity contribution in [2.45, 2.75) is 104 Å². The van der Waals surface area contributed by atoms with Crippen molar-refractivity contribution in [2.24, 2.45) is 11.3 Å². The number of carbonyl (C=O) groups is 5. The minimum Gasteiger partial charge on any atom is -0.464 e. The predicted molar refractivity (Wildman–Crippen MR) is 287 cm³/mol. The Balaban J connectivity index is 0.00000315. The van der Waals surface area contributed by atoms with Gasteiger partial charge in [-0.3, -0.25) is 34.0 Å². The molecule has 69 heavy (non-hydrogen) atoms. The monoisotopic (exact) mass is 1030 g/mol. The van der Waals surface area contributed by atoms with E-state index in [1.165, 1.54) is 17.0 Å². The molecule has 0 spiro atoms. The maximum atomic E-state index is 15.9. The van der Waals surface area contributed by atoms with Crippen molar-refractivity contribution in [2.75, 3.05) is 40.4 Å². The lowest BCUT2D eigenvalue weighted by atomic mass is 9.84. The van der Waals surface area contributed by atoms with Crippen molar-refractivity contribution >= 4 is 94.5 Å². The normalized spacial score (nSPS) is 19.4. The summed E-state index contributed by atoms with van der Waals surface area (Å²) in [6.45, 7) is 15.3. The van der Waals surface area contributed by atoms with Gasteiger partial charge in [0.1, 0.15) is 18.1 Å². The summed E-state index contributed by atoms with van der Waals surface area (Å²) in [6, 6.07) is 15.1. The lowest BCUT2D eigenvalue weighted by Gasteiger charge is -2.45. The Morgan fingerprint density at radius 2 is 1.74 bits per heavy atom. The van der Waals surface area contributed by atoms with Crippen molar-refractivity contribution in [3.05, 3.63) is 90.3 Å². The summed E-state index contributed by atoms with van der Waals surface area (Å²) in [5, 5.41) is 5.36. The van der Waals surface area contributed by atoms with Gasteiger partial charge in [0.15, 0.2) is 0 Å². The van der Waals surface area contributed by atoms with Gasteiger partial charge in [-0.1, -0.05) is 64.6 Å². The molecule has 0 radical (unpaired) electrons. The minimum atomic E-state index is -2.37. The van der Waals surface area contributed by atoms with Crippen LogP contribution in [0.15, 0.2) is 73.4 Å². The Morgan fingerprint density at radius 3 is 2.39 bits per heavy atom. The molecule has 14 nitrogen and oxygen atoms in total. The molecule has 4 aromatic rings. The summed E-state index contributed by atoms with van der Waals surface area (Å²) < 4.78 is 30.1. The van der Waals surface area contributed by atoms with Crippen LogP contribution in [0.4, 0.5) is 4.39 Å². The molecule has 3 aliphatic rings. The molecule has 19 heteroatoms. The van der Waals surface area contributed by atoms with Gasteiger partial charge in [-0.05, 0) is 91.6 Å². The van der Waals surface area contributed by atoms with Gasteiger partial charge in [-0.15, -0.1) is 0 Å². The number of ether oxygens (including phenoxy) is 2. The number of hydrogen-bond acceptors (Lipinski definition) is 9. The largest absolute Gasteiger partial charge is 0.464 e. The van der Waals surface area contributed by atoms with E-state index in [-0.39, 0.29) is 79.7 Å². The second kappa shape index (κ2) is 24.1. The summed E-state index contributed by atoms with van der Waals surface area (Å²) in [5.74, 6) is -3.52. The highest BCUT2D eigenvalue weighted by Gasteiger charge is 2.54. The van der Waals surface area contributed by atoms with Crippen LogP contribution in [0.1, 0.15) is 77.3 Å². The SMILES string of the molecule is C=CC(=O)N1CC(F)(C(=O)N(C)[C@H](C(=O)N[C@H]2Cc3cccc(c3)-c3ccc4c(c3)c(c(-c3cccnc3[C@H](C)OC)n4CC)CC(C)(C)COC(=O)[C@@H]3CCCN(N3)C2=O)C(C)C)C1.S.S.S.S. The molecule has 2 saturated heterocycles. The lowest BCUT2D eigenvalue weighted by molar-refractivity contribution is -0.165. The number of rotatable bonds is 10. The number of cyclic esters (lactones) is 1. The van der Waals surface area contributed by atoms with Gasteiger partial charge in [-0.25, -0.2) is 9.82 Å². The average molecular weight is 1030 g/mol. The molecule has 2 aromatic heterocycles. The predicted octanol–water partition coefficient (Wildman–Crippen LogP) is 6.42. The van der Waals surface area contributed by atoms with Crippen molar-refractivity contribution in [1.82, 2.24) is 35.1 Å². The van der Waals surface area contributed by atoms with Crippen LogP contribution in [0.3, 0.4) is 0 Å². The summed E-state index contributed by atoms with van der Waals surface area (Å²) in [6.07, 6.45) is 4.14. The molecule has 6 bridgehead atoms. The fourth-order valence-corrected chi connectivity index (χ4v) is 9.59. The topological polar surface area (TPSA) is 155 Å². The number of alkyl halides is 1. The van der Waals surface area contributed by atoms with Gasteiger partial charge in [0.25, 0.3) is 11.8 Å². The molecule has 0 unspecified atom stereocenters. The highest BCUT2D eigenvalue weighted by Crippen LogP contribution is 2.42. The van der Waals surface area contributed by atoms with Crippen molar-refractivity contribution < 1.29 is 37.8 Å². The molecule has 2 fully saturated rings. The number of likely N-dealkylation sites (N-methyl/N-ethyl adjacent to an activating group) is 1. The molecule has 0 aliphatic carbocycles. The van der Waals surface area contributed by atoms with Gasteiger partial charge in [-0.2, -0.15) is 54.0 Å². The van der Waals surface area contributed by atoms with Crippen LogP contribution >= 0.6 is 54.0 Å². The number of fused-ring (bicyclic) bond motifs is 6. The van der Waals surface area contributed by atoms with Crippen molar-refractivity contribution in [3.8, 4) is 22.4 Å². The first kappa shape index (κ1) is 58.8. The first-order valence-electron chi connectivity index (χ1n) is 22.5. The second-order valence-corrected chi connectivity index (χ2v) is 18.8. The quantitative estimate of drug-likeness (QED) is 0.135. The Hall–Kier alpha value is -4.53. The lowest BCUT2D eigenvalue weighted by Crippen LogP contribution is -2.69. The number of aryl methyl sites for hydroxylation is 1. The summed E-state index contributed by atoms with van der Waals surface area (Å²) in [7, 11) is 3.04. The molecule has 5 heterocycles. The van der Waals surface area contributed by atoms with Crippen LogP contribution in [-0.4, -0.2) is 118 Å². The third-order valence-corrected chi connectivity index (χ3v) is 13.0. The summed E-state index contributed by atoms with van der Waals surface area (Å²) in [4.78, 5) is 75.6. The van der Waals surface area contributed by atoms with E-state index >= 15 is 4.39 Å². The van der Waals surface area contributed by atoms with Crippen molar-refractivity contribution in [3.63, 3.8) is 0 Å².